The van der Waals surface area contributed by atoms with Crippen LogP contribution in [0.15, 0.2) is 0 Å². The second-order valence-electron chi connectivity index (χ2n) is 2.04. The molecule has 0 aliphatic heterocycles. The molecule has 0 aromatic rings. The molecule has 0 rings (SSSR count). The summed E-state index contributed by atoms with van der Waals surface area (Å²) in [7, 11) is 0. The van der Waals surface area contributed by atoms with E-state index in [1.807, 2.05) is 6.92 Å². The first-order valence-corrected chi connectivity index (χ1v) is 3.42. The number of unbranched alkanes of at least 4 members (excludes halogenated alkanes) is 1. The van der Waals surface area contributed by atoms with E-state index >= 15 is 0 Å². The average Bonchev–Trinajstić information content (AvgIpc) is 1.97. The molecule has 0 atom stereocenters. The van der Waals surface area contributed by atoms with Crippen LogP contribution in [0.4, 0.5) is 4.79 Å². The standard InChI is InChI=1S/C6H12N2O3/c1-2-3-4-5(9)11-8-6(7)10/h2-4H2,1H3,(H3,7,8,10). The second kappa shape index (κ2) is 5.52. The van der Waals surface area contributed by atoms with Gasteiger partial charge in [-0.15, -0.1) is 0 Å². The monoisotopic (exact) mass is 160 g/mol. The number of hydrogen-bond donors (Lipinski definition) is 2. The number of amides is 2. The molecule has 0 heterocycles. The van der Waals surface area contributed by atoms with Gasteiger partial charge in [-0.05, 0) is 6.42 Å². The highest BCUT2D eigenvalue weighted by atomic mass is 16.7. The molecule has 5 nitrogen and oxygen atoms in total. The van der Waals surface area contributed by atoms with Crippen LogP contribution >= 0.6 is 0 Å². The number of carbonyl (C=O) groups is 2. The molecule has 0 saturated carbocycles. The first kappa shape index (κ1) is 9.74. The number of hydroxylamine groups is 1. The maximum absolute atomic E-state index is 10.6. The molecule has 0 fully saturated rings. The van der Waals surface area contributed by atoms with Crippen LogP contribution in [0, 0.1) is 0 Å². The van der Waals surface area contributed by atoms with Gasteiger partial charge in [0.1, 0.15) is 0 Å². The first-order valence-electron chi connectivity index (χ1n) is 3.42. The summed E-state index contributed by atoms with van der Waals surface area (Å²) in [6.45, 7) is 1.95. The van der Waals surface area contributed by atoms with Gasteiger partial charge in [0.2, 0.25) is 0 Å². The van der Waals surface area contributed by atoms with E-state index in [4.69, 9.17) is 0 Å². The molecule has 64 valence electrons. The summed E-state index contributed by atoms with van der Waals surface area (Å²) in [5.74, 6) is -0.467. The summed E-state index contributed by atoms with van der Waals surface area (Å²) in [6.07, 6.45) is 1.96. The SMILES string of the molecule is CCCCC(=O)ONC(N)=O. The zero-order chi connectivity index (χ0) is 8.69. The predicted molar refractivity (Wildman–Crippen MR) is 38.3 cm³/mol. The Morgan fingerprint density at radius 2 is 2.18 bits per heavy atom. The topological polar surface area (TPSA) is 81.4 Å². The van der Waals surface area contributed by atoms with Crippen molar-refractivity contribution < 1.29 is 14.4 Å². The molecule has 0 radical (unpaired) electrons. The third-order valence-electron chi connectivity index (χ3n) is 1.000. The van der Waals surface area contributed by atoms with Gasteiger partial charge in [0.15, 0.2) is 0 Å². The van der Waals surface area contributed by atoms with Crippen LogP contribution in [0.1, 0.15) is 26.2 Å². The third-order valence-corrected chi connectivity index (χ3v) is 1.000. The van der Waals surface area contributed by atoms with Crippen LogP contribution < -0.4 is 11.2 Å². The molecular formula is C6H12N2O3. The number of urea groups is 1. The van der Waals surface area contributed by atoms with Crippen molar-refractivity contribution in [2.45, 2.75) is 26.2 Å². The Morgan fingerprint density at radius 1 is 1.55 bits per heavy atom. The van der Waals surface area contributed by atoms with E-state index in [1.54, 1.807) is 5.48 Å². The van der Waals surface area contributed by atoms with Crippen molar-refractivity contribution in [3.8, 4) is 0 Å². The first-order chi connectivity index (χ1) is 5.16. The van der Waals surface area contributed by atoms with Crippen molar-refractivity contribution >= 4 is 12.0 Å². The molecule has 2 amide bonds. The Bertz CT molecular complexity index is 147. The third kappa shape index (κ3) is 6.63. The van der Waals surface area contributed by atoms with Crippen LogP contribution in [0.2, 0.25) is 0 Å². The van der Waals surface area contributed by atoms with Crippen LogP contribution in [0.25, 0.3) is 0 Å². The fourth-order valence-electron chi connectivity index (χ4n) is 0.479. The molecule has 0 aliphatic rings. The normalized spacial score (nSPS) is 8.82. The Kier molecular flexibility index (Phi) is 4.89. The van der Waals surface area contributed by atoms with Gasteiger partial charge < -0.3 is 10.6 Å². The zero-order valence-electron chi connectivity index (χ0n) is 6.42. The Labute approximate surface area is 64.8 Å². The predicted octanol–water partition coefficient (Wildman–Crippen LogP) is 0.303. The van der Waals surface area contributed by atoms with Crippen molar-refractivity contribution in [1.29, 1.82) is 0 Å². The fourth-order valence-corrected chi connectivity index (χ4v) is 0.479. The molecule has 0 aromatic carbocycles. The van der Waals surface area contributed by atoms with Crippen LogP contribution in [-0.2, 0) is 9.63 Å². The van der Waals surface area contributed by atoms with E-state index in [9.17, 15) is 9.59 Å². The largest absolute Gasteiger partial charge is 0.349 e. The van der Waals surface area contributed by atoms with E-state index in [-0.39, 0.29) is 0 Å². The summed E-state index contributed by atoms with van der Waals surface area (Å²) in [5, 5.41) is 0. The van der Waals surface area contributed by atoms with Gasteiger partial charge in [-0.3, -0.25) is 0 Å². The maximum atomic E-state index is 10.6. The lowest BCUT2D eigenvalue weighted by Gasteiger charge is -2.00. The summed E-state index contributed by atoms with van der Waals surface area (Å²) >= 11 is 0. The summed E-state index contributed by atoms with van der Waals surface area (Å²) < 4.78 is 0. The number of nitrogens with one attached hydrogen (secondary N) is 1. The number of nitrogens with two attached hydrogens (primary N) is 1. The van der Waals surface area contributed by atoms with Gasteiger partial charge in [0.05, 0.1) is 0 Å². The van der Waals surface area contributed by atoms with Gasteiger partial charge in [-0.1, -0.05) is 13.3 Å². The Hall–Kier alpha value is -1.26. The van der Waals surface area contributed by atoms with E-state index in [0.29, 0.717) is 6.42 Å². The minimum atomic E-state index is -0.866. The molecule has 0 aromatic heterocycles. The lowest BCUT2D eigenvalue weighted by molar-refractivity contribution is -0.148. The molecule has 0 unspecified atom stereocenters. The Balaban J connectivity index is 3.30. The van der Waals surface area contributed by atoms with Crippen LogP contribution in [0.5, 0.6) is 0 Å². The van der Waals surface area contributed by atoms with Gasteiger partial charge in [-0.2, -0.15) is 5.48 Å². The lowest BCUT2D eigenvalue weighted by Crippen LogP contribution is -2.31. The minimum absolute atomic E-state index is 0.302. The summed E-state index contributed by atoms with van der Waals surface area (Å²) in [4.78, 5) is 24.9. The zero-order valence-corrected chi connectivity index (χ0v) is 6.42. The number of carbonyl (C=O) groups excluding carboxylic acids is 2. The molecule has 0 bridgehead atoms. The lowest BCUT2D eigenvalue weighted by atomic mass is 10.3. The van der Waals surface area contributed by atoms with Gasteiger partial charge in [-0.25, -0.2) is 9.59 Å². The summed E-state index contributed by atoms with van der Waals surface area (Å²) in [5.41, 5.74) is 6.39. The molecule has 11 heavy (non-hydrogen) atoms. The highest BCUT2D eigenvalue weighted by Crippen LogP contribution is 1.94. The second-order valence-corrected chi connectivity index (χ2v) is 2.04. The van der Waals surface area contributed by atoms with Crippen LogP contribution in [0.3, 0.4) is 0 Å². The van der Waals surface area contributed by atoms with Crippen molar-refractivity contribution in [3.63, 3.8) is 0 Å². The molecular weight excluding hydrogens is 148 g/mol. The average molecular weight is 160 g/mol. The molecule has 0 spiro atoms. The quantitative estimate of drug-likeness (QED) is 0.582. The highest BCUT2D eigenvalue weighted by molar-refractivity contribution is 5.74. The fraction of sp³-hybridized carbons (Fsp3) is 0.667. The smallest absolute Gasteiger partial charge is 0.345 e. The summed E-state index contributed by atoms with van der Waals surface area (Å²) in [6, 6.07) is -0.866. The van der Waals surface area contributed by atoms with E-state index < -0.39 is 12.0 Å². The van der Waals surface area contributed by atoms with Crippen molar-refractivity contribution in [2.24, 2.45) is 5.73 Å². The molecule has 0 saturated heterocycles. The van der Waals surface area contributed by atoms with Gasteiger partial charge in [0.25, 0.3) is 0 Å². The van der Waals surface area contributed by atoms with Crippen molar-refractivity contribution in [3.05, 3.63) is 0 Å². The minimum Gasteiger partial charge on any atom is -0.349 e. The van der Waals surface area contributed by atoms with E-state index in [1.165, 1.54) is 0 Å². The molecule has 3 N–H and O–H groups in total. The van der Waals surface area contributed by atoms with E-state index in [2.05, 4.69) is 10.6 Å². The number of primary amides is 1. The highest BCUT2D eigenvalue weighted by Gasteiger charge is 2.02. The number of hydrogen-bond acceptors (Lipinski definition) is 3. The Morgan fingerprint density at radius 3 is 2.64 bits per heavy atom. The van der Waals surface area contributed by atoms with E-state index in [0.717, 1.165) is 12.8 Å². The van der Waals surface area contributed by atoms with Gasteiger partial charge in [0, 0.05) is 6.42 Å². The van der Waals surface area contributed by atoms with Crippen LogP contribution in [-0.4, -0.2) is 12.0 Å². The van der Waals surface area contributed by atoms with Crippen molar-refractivity contribution in [1.82, 2.24) is 5.48 Å². The molecule has 0 aliphatic carbocycles. The van der Waals surface area contributed by atoms with Crippen molar-refractivity contribution in [2.75, 3.05) is 0 Å². The maximum Gasteiger partial charge on any atom is 0.345 e. The van der Waals surface area contributed by atoms with Gasteiger partial charge >= 0.3 is 12.0 Å². The molecule has 5 heteroatoms. The number of rotatable bonds is 3.